The van der Waals surface area contributed by atoms with Crippen molar-refractivity contribution in [1.29, 1.82) is 0 Å². The van der Waals surface area contributed by atoms with E-state index in [0.29, 0.717) is 6.04 Å². The van der Waals surface area contributed by atoms with Gasteiger partial charge in [-0.15, -0.1) is 0 Å². The fourth-order valence-corrected chi connectivity index (χ4v) is 3.05. The molecule has 0 heterocycles. The topological polar surface area (TPSA) is 38.0 Å². The molecule has 2 nitrogen and oxygen atoms in total. The zero-order valence-corrected chi connectivity index (χ0v) is 10.9. The van der Waals surface area contributed by atoms with E-state index < -0.39 is 0 Å². The highest BCUT2D eigenvalue weighted by molar-refractivity contribution is 5.19. The van der Waals surface area contributed by atoms with Crippen LogP contribution in [0.3, 0.4) is 0 Å². The van der Waals surface area contributed by atoms with E-state index >= 15 is 0 Å². The molecule has 0 aromatic heterocycles. The first-order valence-electron chi connectivity index (χ1n) is 6.68. The quantitative estimate of drug-likeness (QED) is 0.837. The lowest BCUT2D eigenvalue weighted by atomic mass is 9.94. The van der Waals surface area contributed by atoms with Gasteiger partial charge < -0.3 is 11.1 Å². The van der Waals surface area contributed by atoms with Crippen molar-refractivity contribution in [3.8, 4) is 0 Å². The Kier molecular flexibility index (Phi) is 3.85. The zero-order chi connectivity index (χ0) is 12.3. The summed E-state index contributed by atoms with van der Waals surface area (Å²) in [6, 6.07) is 11.0. The molecule has 3 N–H and O–H groups in total. The van der Waals surface area contributed by atoms with Gasteiger partial charge in [-0.3, -0.25) is 0 Å². The van der Waals surface area contributed by atoms with Gasteiger partial charge in [-0.25, -0.2) is 0 Å². The summed E-state index contributed by atoms with van der Waals surface area (Å²) in [7, 11) is 0. The smallest absolute Gasteiger partial charge is 0.0312 e. The Bertz CT molecular complexity index is 349. The molecular weight excluding hydrogens is 208 g/mol. The van der Waals surface area contributed by atoms with E-state index in [0.717, 1.165) is 12.5 Å². The number of rotatable bonds is 4. The molecule has 94 valence electrons. The summed E-state index contributed by atoms with van der Waals surface area (Å²) >= 11 is 0. The van der Waals surface area contributed by atoms with Crippen LogP contribution in [0.25, 0.3) is 0 Å². The van der Waals surface area contributed by atoms with Gasteiger partial charge in [0.2, 0.25) is 0 Å². The molecule has 0 aliphatic heterocycles. The maximum absolute atomic E-state index is 5.99. The van der Waals surface area contributed by atoms with E-state index in [-0.39, 0.29) is 5.54 Å². The molecule has 0 saturated heterocycles. The van der Waals surface area contributed by atoms with Gasteiger partial charge in [-0.1, -0.05) is 37.3 Å². The maximum atomic E-state index is 5.99. The highest BCUT2D eigenvalue weighted by Crippen LogP contribution is 2.35. The molecule has 1 aromatic rings. The monoisotopic (exact) mass is 232 g/mol. The van der Waals surface area contributed by atoms with Gasteiger partial charge in [0.25, 0.3) is 0 Å². The Hall–Kier alpha value is -0.860. The van der Waals surface area contributed by atoms with Crippen LogP contribution >= 0.6 is 0 Å². The van der Waals surface area contributed by atoms with Crippen molar-refractivity contribution in [3.05, 3.63) is 35.9 Å². The highest BCUT2D eigenvalue weighted by Gasteiger charge is 2.36. The predicted octanol–water partition coefficient (Wildman–Crippen LogP) is 2.85. The van der Waals surface area contributed by atoms with E-state index in [9.17, 15) is 0 Å². The van der Waals surface area contributed by atoms with Gasteiger partial charge >= 0.3 is 0 Å². The molecule has 0 amide bonds. The molecule has 3 unspecified atom stereocenters. The van der Waals surface area contributed by atoms with Crippen LogP contribution < -0.4 is 11.1 Å². The van der Waals surface area contributed by atoms with Gasteiger partial charge in [-0.2, -0.15) is 0 Å². The van der Waals surface area contributed by atoms with Crippen LogP contribution in [0.4, 0.5) is 0 Å². The van der Waals surface area contributed by atoms with Crippen LogP contribution in [0, 0.1) is 5.92 Å². The first-order chi connectivity index (χ1) is 8.15. The fraction of sp³-hybridized carbons (Fsp3) is 0.600. The third kappa shape index (κ3) is 2.88. The summed E-state index contributed by atoms with van der Waals surface area (Å²) in [6.07, 6.45) is 3.72. The molecule has 3 atom stereocenters. The van der Waals surface area contributed by atoms with Crippen molar-refractivity contribution in [2.75, 3.05) is 6.54 Å². The van der Waals surface area contributed by atoms with Gasteiger partial charge in [0, 0.05) is 18.1 Å². The van der Waals surface area contributed by atoms with Crippen LogP contribution in [-0.4, -0.2) is 12.1 Å². The number of nitrogens with two attached hydrogens (primary N) is 1. The van der Waals surface area contributed by atoms with E-state index in [1.54, 1.807) is 0 Å². The van der Waals surface area contributed by atoms with Gasteiger partial charge in [0.05, 0.1) is 0 Å². The average molecular weight is 232 g/mol. The zero-order valence-electron chi connectivity index (χ0n) is 10.9. The van der Waals surface area contributed by atoms with Crippen molar-refractivity contribution in [2.24, 2.45) is 11.7 Å². The second kappa shape index (κ2) is 5.19. The standard InChI is InChI=1S/C15H24N2/c1-12-8-9-15(10-12,11-16)17-13(2)14-6-4-3-5-7-14/h3-7,12-13,17H,8-11,16H2,1-2H3. The number of hydrogen-bond acceptors (Lipinski definition) is 2. The minimum atomic E-state index is 0.161. The minimum Gasteiger partial charge on any atom is -0.329 e. The Morgan fingerprint density at radius 1 is 1.41 bits per heavy atom. The number of hydrogen-bond donors (Lipinski definition) is 2. The average Bonchev–Trinajstić information content (AvgIpc) is 2.72. The number of nitrogens with one attached hydrogen (secondary N) is 1. The lowest BCUT2D eigenvalue weighted by Crippen LogP contribution is -2.50. The summed E-state index contributed by atoms with van der Waals surface area (Å²) in [4.78, 5) is 0. The lowest BCUT2D eigenvalue weighted by Gasteiger charge is -2.33. The van der Waals surface area contributed by atoms with E-state index in [4.69, 9.17) is 5.73 Å². The first kappa shape index (κ1) is 12.6. The Labute approximate surface area is 105 Å². The maximum Gasteiger partial charge on any atom is 0.0312 e. The fourth-order valence-electron chi connectivity index (χ4n) is 3.05. The van der Waals surface area contributed by atoms with Crippen LogP contribution in [0.15, 0.2) is 30.3 Å². The van der Waals surface area contributed by atoms with Crippen LogP contribution in [0.1, 0.15) is 44.7 Å². The van der Waals surface area contributed by atoms with Crippen molar-refractivity contribution < 1.29 is 0 Å². The lowest BCUT2D eigenvalue weighted by molar-refractivity contribution is 0.299. The molecule has 1 aliphatic rings. The van der Waals surface area contributed by atoms with Crippen LogP contribution in [0.5, 0.6) is 0 Å². The Balaban J connectivity index is 2.05. The molecule has 0 bridgehead atoms. The van der Waals surface area contributed by atoms with E-state index in [2.05, 4.69) is 49.5 Å². The summed E-state index contributed by atoms with van der Waals surface area (Å²) < 4.78 is 0. The second-order valence-electron chi connectivity index (χ2n) is 5.61. The SMILES string of the molecule is CC1CCC(CN)(NC(C)c2ccccc2)C1. The molecule has 1 aliphatic carbocycles. The molecule has 1 aromatic carbocycles. The van der Waals surface area contributed by atoms with Crippen LogP contribution in [-0.2, 0) is 0 Å². The van der Waals surface area contributed by atoms with Gasteiger partial charge in [-0.05, 0) is 37.7 Å². The number of benzene rings is 1. The van der Waals surface area contributed by atoms with Crippen LogP contribution in [0.2, 0.25) is 0 Å². The van der Waals surface area contributed by atoms with Crippen molar-refractivity contribution in [2.45, 2.75) is 44.7 Å². The van der Waals surface area contributed by atoms with Crippen molar-refractivity contribution in [1.82, 2.24) is 5.32 Å². The summed E-state index contributed by atoms with van der Waals surface area (Å²) in [6.45, 7) is 5.30. The summed E-state index contributed by atoms with van der Waals surface area (Å²) in [5.41, 5.74) is 7.50. The van der Waals surface area contributed by atoms with Gasteiger partial charge in [0.15, 0.2) is 0 Å². The summed E-state index contributed by atoms with van der Waals surface area (Å²) in [5.74, 6) is 0.800. The third-order valence-corrected chi connectivity index (χ3v) is 4.07. The molecule has 17 heavy (non-hydrogen) atoms. The molecule has 1 fully saturated rings. The van der Waals surface area contributed by atoms with Gasteiger partial charge in [0.1, 0.15) is 0 Å². The highest BCUT2D eigenvalue weighted by atomic mass is 15.0. The molecule has 2 rings (SSSR count). The molecule has 2 heteroatoms. The van der Waals surface area contributed by atoms with E-state index in [1.165, 1.54) is 24.8 Å². The second-order valence-corrected chi connectivity index (χ2v) is 5.61. The molecule has 0 spiro atoms. The summed E-state index contributed by atoms with van der Waals surface area (Å²) in [5, 5.41) is 3.76. The minimum absolute atomic E-state index is 0.161. The Morgan fingerprint density at radius 3 is 2.65 bits per heavy atom. The molecule has 1 saturated carbocycles. The molecule has 0 radical (unpaired) electrons. The largest absolute Gasteiger partial charge is 0.329 e. The Morgan fingerprint density at radius 2 is 2.12 bits per heavy atom. The predicted molar refractivity (Wildman–Crippen MR) is 72.8 cm³/mol. The van der Waals surface area contributed by atoms with Crippen molar-refractivity contribution in [3.63, 3.8) is 0 Å². The third-order valence-electron chi connectivity index (χ3n) is 4.07. The van der Waals surface area contributed by atoms with E-state index in [1.807, 2.05) is 0 Å². The normalized spacial score (nSPS) is 30.4. The van der Waals surface area contributed by atoms with Crippen molar-refractivity contribution >= 4 is 0 Å². The first-order valence-corrected chi connectivity index (χ1v) is 6.68. The molecular formula is C15H24N2.